The molecule has 3 N–H and O–H groups in total. The number of H-pyrrole nitrogens is 1. The highest BCUT2D eigenvalue weighted by molar-refractivity contribution is 5.04. The topological polar surface area (TPSA) is 148 Å². The molecule has 0 radical (unpaired) electrons. The van der Waals surface area contributed by atoms with Gasteiger partial charge in [0.25, 0.3) is 5.56 Å². The van der Waals surface area contributed by atoms with Crippen molar-refractivity contribution in [2.24, 2.45) is 0 Å². The number of rotatable bonds is 5. The normalized spacial score (nSPS) is 28.0. The van der Waals surface area contributed by atoms with Crippen LogP contribution in [0.15, 0.2) is 15.8 Å². The fourth-order valence-electron chi connectivity index (χ4n) is 2.60. The Morgan fingerprint density at radius 3 is 2.82 bits per heavy atom. The van der Waals surface area contributed by atoms with Gasteiger partial charge in [-0.3, -0.25) is 24.5 Å². The van der Waals surface area contributed by atoms with Gasteiger partial charge < -0.3 is 14.9 Å². The van der Waals surface area contributed by atoms with Gasteiger partial charge in [-0.15, -0.1) is 0 Å². The number of hydrogen-bond donors (Lipinski definition) is 3. The molecule has 1 aliphatic heterocycles. The SMILES string of the molecule is Cc1cn([C@@]2(CC[N+](=O)[O-])CC(O)[C@@H](CO)O2)c(=O)[nH]c1=O. The highest BCUT2D eigenvalue weighted by atomic mass is 16.6. The number of nitrogens with zero attached hydrogens (tertiary/aromatic N) is 2. The van der Waals surface area contributed by atoms with E-state index in [9.17, 15) is 29.9 Å². The maximum Gasteiger partial charge on any atom is 0.330 e. The maximum atomic E-state index is 12.0. The third-order valence-corrected chi connectivity index (χ3v) is 3.75. The molecule has 0 aliphatic carbocycles. The van der Waals surface area contributed by atoms with E-state index in [2.05, 4.69) is 4.98 Å². The van der Waals surface area contributed by atoms with E-state index in [0.717, 1.165) is 4.57 Å². The predicted octanol–water partition coefficient (Wildman–Crippen LogP) is -1.69. The third-order valence-electron chi connectivity index (χ3n) is 3.75. The molecule has 0 bridgehead atoms. The first kappa shape index (κ1) is 16.3. The first-order chi connectivity index (χ1) is 10.3. The predicted molar refractivity (Wildman–Crippen MR) is 73.1 cm³/mol. The van der Waals surface area contributed by atoms with Gasteiger partial charge in [0.2, 0.25) is 6.54 Å². The summed E-state index contributed by atoms with van der Waals surface area (Å²) in [5.41, 5.74) is -2.61. The zero-order valence-electron chi connectivity index (χ0n) is 11.9. The molecule has 2 rings (SSSR count). The van der Waals surface area contributed by atoms with Crippen molar-refractivity contribution in [2.75, 3.05) is 13.2 Å². The summed E-state index contributed by atoms with van der Waals surface area (Å²) in [4.78, 5) is 35.7. The molecule has 3 atom stereocenters. The smallest absolute Gasteiger partial charge is 0.330 e. The Hall–Kier alpha value is -2.04. The van der Waals surface area contributed by atoms with Gasteiger partial charge in [0, 0.05) is 23.1 Å². The van der Waals surface area contributed by atoms with Crippen molar-refractivity contribution in [3.05, 3.63) is 42.7 Å². The number of nitrogens with one attached hydrogen (secondary N) is 1. The summed E-state index contributed by atoms with van der Waals surface area (Å²) in [5.74, 6) is 0. The molecular formula is C12H17N3O7. The first-order valence-electron chi connectivity index (χ1n) is 6.70. The molecule has 1 fully saturated rings. The van der Waals surface area contributed by atoms with E-state index in [1.807, 2.05) is 0 Å². The molecule has 1 saturated heterocycles. The number of hydrogen-bond acceptors (Lipinski definition) is 7. The van der Waals surface area contributed by atoms with Crippen LogP contribution in [0.2, 0.25) is 0 Å². The molecule has 1 aliphatic rings. The van der Waals surface area contributed by atoms with Gasteiger partial charge in [-0.2, -0.15) is 0 Å². The van der Waals surface area contributed by atoms with E-state index in [1.165, 1.54) is 13.1 Å². The zero-order valence-corrected chi connectivity index (χ0v) is 11.9. The van der Waals surface area contributed by atoms with Crippen molar-refractivity contribution < 1.29 is 19.9 Å². The summed E-state index contributed by atoms with van der Waals surface area (Å²) < 4.78 is 6.61. The fraction of sp³-hybridized carbons (Fsp3) is 0.667. The van der Waals surface area contributed by atoms with Gasteiger partial charge in [-0.25, -0.2) is 4.79 Å². The number of aliphatic hydroxyl groups is 2. The maximum absolute atomic E-state index is 12.0. The van der Waals surface area contributed by atoms with Crippen LogP contribution in [-0.4, -0.2) is 50.0 Å². The molecule has 1 aromatic rings. The molecule has 122 valence electrons. The van der Waals surface area contributed by atoms with Gasteiger partial charge in [-0.05, 0) is 6.92 Å². The molecule has 0 spiro atoms. The van der Waals surface area contributed by atoms with E-state index in [-0.39, 0.29) is 18.4 Å². The van der Waals surface area contributed by atoms with Gasteiger partial charge in [0.15, 0.2) is 5.72 Å². The summed E-state index contributed by atoms with van der Waals surface area (Å²) in [6.07, 6.45) is -1.06. The van der Waals surface area contributed by atoms with Crippen LogP contribution in [0.25, 0.3) is 0 Å². The van der Waals surface area contributed by atoms with Gasteiger partial charge in [0.1, 0.15) is 6.10 Å². The second-order valence-electron chi connectivity index (χ2n) is 5.30. The number of aliphatic hydroxyl groups excluding tert-OH is 2. The van der Waals surface area contributed by atoms with Crippen LogP contribution in [0.4, 0.5) is 0 Å². The van der Waals surface area contributed by atoms with Crippen LogP contribution < -0.4 is 11.2 Å². The molecule has 0 saturated carbocycles. The Morgan fingerprint density at radius 1 is 1.59 bits per heavy atom. The minimum absolute atomic E-state index is 0.0997. The van der Waals surface area contributed by atoms with Crippen molar-refractivity contribution in [3.8, 4) is 0 Å². The van der Waals surface area contributed by atoms with Crippen molar-refractivity contribution in [1.29, 1.82) is 0 Å². The van der Waals surface area contributed by atoms with Crippen LogP contribution in [0.5, 0.6) is 0 Å². The van der Waals surface area contributed by atoms with Crippen molar-refractivity contribution in [3.63, 3.8) is 0 Å². The summed E-state index contributed by atoms with van der Waals surface area (Å²) in [6, 6.07) is 0. The molecule has 10 heteroatoms. The molecule has 0 amide bonds. The third kappa shape index (κ3) is 2.93. The average molecular weight is 315 g/mol. The van der Waals surface area contributed by atoms with Crippen LogP contribution in [0.3, 0.4) is 0 Å². The number of aromatic amines is 1. The van der Waals surface area contributed by atoms with Crippen molar-refractivity contribution in [2.45, 2.75) is 37.7 Å². The van der Waals surface area contributed by atoms with Crippen LogP contribution in [0, 0.1) is 17.0 Å². The average Bonchev–Trinajstić information content (AvgIpc) is 2.78. The largest absolute Gasteiger partial charge is 0.394 e. The lowest BCUT2D eigenvalue weighted by Crippen LogP contribution is -2.46. The first-order valence-corrected chi connectivity index (χ1v) is 6.70. The molecule has 22 heavy (non-hydrogen) atoms. The second-order valence-corrected chi connectivity index (χ2v) is 5.30. The Bertz CT molecular complexity index is 682. The zero-order chi connectivity index (χ0) is 16.5. The lowest BCUT2D eigenvalue weighted by atomic mass is 10.0. The highest BCUT2D eigenvalue weighted by Gasteiger charge is 2.48. The summed E-state index contributed by atoms with van der Waals surface area (Å²) in [5, 5.41) is 29.8. The fourth-order valence-corrected chi connectivity index (χ4v) is 2.60. The van der Waals surface area contributed by atoms with Crippen molar-refractivity contribution >= 4 is 0 Å². The second kappa shape index (κ2) is 5.99. The summed E-state index contributed by atoms with van der Waals surface area (Å²) >= 11 is 0. The Labute approximate surface area is 124 Å². The Kier molecular flexibility index (Phi) is 4.44. The van der Waals surface area contributed by atoms with Gasteiger partial charge in [0.05, 0.1) is 19.1 Å². The van der Waals surface area contributed by atoms with E-state index in [1.54, 1.807) is 0 Å². The van der Waals surface area contributed by atoms with E-state index in [4.69, 9.17) is 4.74 Å². The van der Waals surface area contributed by atoms with E-state index in [0.29, 0.717) is 0 Å². The minimum Gasteiger partial charge on any atom is -0.394 e. The Morgan fingerprint density at radius 2 is 2.27 bits per heavy atom. The molecular weight excluding hydrogens is 298 g/mol. The van der Waals surface area contributed by atoms with Gasteiger partial charge >= 0.3 is 5.69 Å². The molecule has 1 unspecified atom stereocenters. The monoisotopic (exact) mass is 315 g/mol. The van der Waals surface area contributed by atoms with Gasteiger partial charge in [-0.1, -0.05) is 0 Å². The Balaban J connectivity index is 2.50. The number of aromatic nitrogens is 2. The summed E-state index contributed by atoms with van der Waals surface area (Å²) in [7, 11) is 0. The highest BCUT2D eigenvalue weighted by Crippen LogP contribution is 2.37. The van der Waals surface area contributed by atoms with Crippen LogP contribution >= 0.6 is 0 Å². The minimum atomic E-state index is -1.48. The van der Waals surface area contributed by atoms with Crippen LogP contribution in [0.1, 0.15) is 18.4 Å². The lowest BCUT2D eigenvalue weighted by molar-refractivity contribution is -0.485. The molecule has 1 aromatic heterocycles. The number of ether oxygens (including phenoxy) is 1. The van der Waals surface area contributed by atoms with Crippen LogP contribution in [-0.2, 0) is 10.5 Å². The van der Waals surface area contributed by atoms with E-state index < -0.39 is 47.3 Å². The lowest BCUT2D eigenvalue weighted by Gasteiger charge is -2.29. The number of nitro groups is 1. The van der Waals surface area contributed by atoms with E-state index >= 15 is 0 Å². The summed E-state index contributed by atoms with van der Waals surface area (Å²) in [6.45, 7) is 0.499. The standard InChI is InChI=1S/C12H17N3O7/c1-7-5-14(11(19)13-10(7)18)12(2-3-15(20)21)4-8(17)9(6-16)22-12/h5,8-9,16-17H,2-4,6H2,1H3,(H,13,18,19)/t8?,9-,12-/m1/s1. The molecule has 2 heterocycles. The number of aryl methyl sites for hydroxylation is 1. The molecule has 0 aromatic carbocycles. The van der Waals surface area contributed by atoms with Crippen molar-refractivity contribution in [1.82, 2.24) is 9.55 Å². The quantitative estimate of drug-likeness (QED) is 0.433. The molecule has 10 nitrogen and oxygen atoms in total.